The minimum Gasteiger partial charge on any atom is -0.504 e. The largest absolute Gasteiger partial charge is 0.504 e. The van der Waals surface area contributed by atoms with Crippen LogP contribution in [0.3, 0.4) is 0 Å². The van der Waals surface area contributed by atoms with E-state index in [1.807, 2.05) is 12.1 Å². The Morgan fingerprint density at radius 1 is 1.29 bits per heavy atom. The number of nitrogens with zero attached hydrogens (tertiary/aromatic N) is 2. The topological polar surface area (TPSA) is 62.2 Å². The molecule has 1 saturated heterocycles. The van der Waals surface area contributed by atoms with E-state index in [-0.39, 0.29) is 11.8 Å². The molecule has 1 heterocycles. The predicted molar refractivity (Wildman–Crippen MR) is 78.5 cm³/mol. The van der Waals surface area contributed by atoms with Crippen molar-refractivity contribution < 1.29 is 19.4 Å². The van der Waals surface area contributed by atoms with Crippen LogP contribution in [0.2, 0.25) is 0 Å². The zero-order chi connectivity index (χ0) is 15.2. The van der Waals surface area contributed by atoms with E-state index in [2.05, 4.69) is 4.90 Å². The Bertz CT molecular complexity index is 485. The van der Waals surface area contributed by atoms with Crippen molar-refractivity contribution in [3.05, 3.63) is 23.8 Å². The van der Waals surface area contributed by atoms with Crippen LogP contribution in [0.1, 0.15) is 12.5 Å². The summed E-state index contributed by atoms with van der Waals surface area (Å²) >= 11 is 0. The molecule has 2 rings (SSSR count). The second-order valence-corrected chi connectivity index (χ2v) is 4.93. The van der Waals surface area contributed by atoms with Gasteiger partial charge in [0.25, 0.3) is 0 Å². The molecule has 0 spiro atoms. The zero-order valence-electron chi connectivity index (χ0n) is 12.5. The highest BCUT2D eigenvalue weighted by Crippen LogP contribution is 2.30. The molecule has 6 heteroatoms. The van der Waals surface area contributed by atoms with Gasteiger partial charge < -0.3 is 19.5 Å². The lowest BCUT2D eigenvalue weighted by molar-refractivity contribution is 0.0776. The Hall–Kier alpha value is -1.95. The molecule has 0 aromatic heterocycles. The van der Waals surface area contributed by atoms with Crippen molar-refractivity contribution in [3.63, 3.8) is 0 Å². The van der Waals surface area contributed by atoms with E-state index in [4.69, 9.17) is 9.47 Å². The highest BCUT2D eigenvalue weighted by molar-refractivity contribution is 5.67. The number of hydrogen-bond donors (Lipinski definition) is 1. The summed E-state index contributed by atoms with van der Waals surface area (Å²) in [5.41, 5.74) is 0.832. The minimum absolute atomic E-state index is 0.188. The number of carbonyl (C=O) groups is 1. The summed E-state index contributed by atoms with van der Waals surface area (Å²) in [6, 6.07) is 5.48. The first-order valence-corrected chi connectivity index (χ1v) is 7.14. The van der Waals surface area contributed by atoms with Crippen LogP contribution in [-0.2, 0) is 11.3 Å². The van der Waals surface area contributed by atoms with Gasteiger partial charge in [-0.15, -0.1) is 0 Å². The van der Waals surface area contributed by atoms with Gasteiger partial charge in [-0.1, -0.05) is 12.1 Å². The van der Waals surface area contributed by atoms with E-state index in [9.17, 15) is 9.90 Å². The molecule has 0 atom stereocenters. The van der Waals surface area contributed by atoms with Crippen LogP contribution in [-0.4, -0.2) is 60.9 Å². The first kappa shape index (κ1) is 15.4. The van der Waals surface area contributed by atoms with Gasteiger partial charge in [0, 0.05) is 38.3 Å². The van der Waals surface area contributed by atoms with Crippen molar-refractivity contribution >= 4 is 6.09 Å². The number of rotatable bonds is 4. The summed E-state index contributed by atoms with van der Waals surface area (Å²) in [5, 5.41) is 10.1. The summed E-state index contributed by atoms with van der Waals surface area (Å²) in [7, 11) is 1.54. The van der Waals surface area contributed by atoms with Crippen molar-refractivity contribution in [2.45, 2.75) is 13.5 Å². The summed E-state index contributed by atoms with van der Waals surface area (Å²) in [6.45, 7) is 5.65. The van der Waals surface area contributed by atoms with Crippen molar-refractivity contribution in [1.82, 2.24) is 9.80 Å². The standard InChI is InChI=1S/C15H22N2O4/c1-3-21-15(19)17-9-7-16(8-10-17)11-12-5-4-6-13(20-2)14(12)18/h4-6,18H,3,7-11H2,1-2H3. The van der Waals surface area contributed by atoms with Gasteiger partial charge in [-0.3, -0.25) is 4.90 Å². The van der Waals surface area contributed by atoms with Crippen molar-refractivity contribution in [2.24, 2.45) is 0 Å². The zero-order valence-corrected chi connectivity index (χ0v) is 12.5. The maximum Gasteiger partial charge on any atom is 0.409 e. The van der Waals surface area contributed by atoms with E-state index in [0.29, 0.717) is 32.0 Å². The molecule has 0 radical (unpaired) electrons. The van der Waals surface area contributed by atoms with Gasteiger partial charge >= 0.3 is 6.09 Å². The molecule has 0 unspecified atom stereocenters. The average Bonchev–Trinajstić information content (AvgIpc) is 2.50. The molecule has 116 valence electrons. The third-order valence-corrected chi connectivity index (χ3v) is 3.59. The summed E-state index contributed by atoms with van der Waals surface area (Å²) < 4.78 is 10.1. The molecule has 6 nitrogen and oxygen atoms in total. The normalized spacial score (nSPS) is 15.8. The van der Waals surface area contributed by atoms with E-state index >= 15 is 0 Å². The molecule has 1 aliphatic rings. The second-order valence-electron chi connectivity index (χ2n) is 4.93. The Morgan fingerprint density at radius 3 is 2.62 bits per heavy atom. The number of phenolic OH excluding ortho intramolecular Hbond substituents is 1. The van der Waals surface area contributed by atoms with Crippen LogP contribution >= 0.6 is 0 Å². The fraction of sp³-hybridized carbons (Fsp3) is 0.533. The second kappa shape index (κ2) is 7.17. The number of methoxy groups -OCH3 is 1. The smallest absolute Gasteiger partial charge is 0.409 e. The van der Waals surface area contributed by atoms with Gasteiger partial charge in [-0.2, -0.15) is 0 Å². The third-order valence-electron chi connectivity index (χ3n) is 3.59. The molecule has 0 bridgehead atoms. The van der Waals surface area contributed by atoms with Crippen LogP contribution in [0, 0.1) is 0 Å². The molecular weight excluding hydrogens is 272 g/mol. The number of piperazine rings is 1. The number of ether oxygens (including phenoxy) is 2. The van der Waals surface area contributed by atoms with Crippen LogP contribution in [0.4, 0.5) is 4.79 Å². The molecule has 1 aliphatic heterocycles. The first-order chi connectivity index (χ1) is 10.2. The molecule has 1 aromatic rings. The molecule has 0 aliphatic carbocycles. The van der Waals surface area contributed by atoms with Crippen LogP contribution < -0.4 is 4.74 Å². The Morgan fingerprint density at radius 2 is 2.00 bits per heavy atom. The molecule has 1 amide bonds. The quantitative estimate of drug-likeness (QED) is 0.915. The lowest BCUT2D eigenvalue weighted by Crippen LogP contribution is -2.48. The molecule has 0 saturated carbocycles. The van der Waals surface area contributed by atoms with E-state index in [0.717, 1.165) is 18.7 Å². The SMILES string of the molecule is CCOC(=O)N1CCN(Cc2cccc(OC)c2O)CC1. The summed E-state index contributed by atoms with van der Waals surface area (Å²) in [6.07, 6.45) is -0.249. The summed E-state index contributed by atoms with van der Waals surface area (Å²) in [5.74, 6) is 0.672. The highest BCUT2D eigenvalue weighted by atomic mass is 16.6. The Balaban J connectivity index is 1.90. The Labute approximate surface area is 124 Å². The predicted octanol–water partition coefficient (Wildman–Crippen LogP) is 1.67. The van der Waals surface area contributed by atoms with E-state index in [1.54, 1.807) is 17.9 Å². The van der Waals surface area contributed by atoms with Crippen LogP contribution in [0.5, 0.6) is 11.5 Å². The monoisotopic (exact) mass is 294 g/mol. The number of hydrogen-bond acceptors (Lipinski definition) is 5. The lowest BCUT2D eigenvalue weighted by atomic mass is 10.1. The summed E-state index contributed by atoms with van der Waals surface area (Å²) in [4.78, 5) is 15.5. The number of carbonyl (C=O) groups excluding carboxylic acids is 1. The lowest BCUT2D eigenvalue weighted by Gasteiger charge is -2.34. The number of aromatic hydroxyl groups is 1. The number of para-hydroxylation sites is 1. The van der Waals surface area contributed by atoms with E-state index < -0.39 is 0 Å². The molecule has 1 aromatic carbocycles. The van der Waals surface area contributed by atoms with Gasteiger partial charge in [-0.25, -0.2) is 4.79 Å². The van der Waals surface area contributed by atoms with Crippen LogP contribution in [0.15, 0.2) is 18.2 Å². The molecule has 21 heavy (non-hydrogen) atoms. The average molecular weight is 294 g/mol. The molecule has 1 N–H and O–H groups in total. The minimum atomic E-state index is -0.249. The fourth-order valence-electron chi connectivity index (χ4n) is 2.40. The van der Waals surface area contributed by atoms with Gasteiger partial charge in [0.2, 0.25) is 0 Å². The van der Waals surface area contributed by atoms with Gasteiger partial charge in [0.1, 0.15) is 0 Å². The maximum atomic E-state index is 11.6. The van der Waals surface area contributed by atoms with E-state index in [1.165, 1.54) is 7.11 Å². The van der Waals surface area contributed by atoms with Crippen molar-refractivity contribution in [1.29, 1.82) is 0 Å². The van der Waals surface area contributed by atoms with Crippen molar-refractivity contribution in [3.8, 4) is 11.5 Å². The number of benzene rings is 1. The first-order valence-electron chi connectivity index (χ1n) is 7.14. The van der Waals surface area contributed by atoms with Crippen LogP contribution in [0.25, 0.3) is 0 Å². The Kier molecular flexibility index (Phi) is 5.27. The molecule has 1 fully saturated rings. The van der Waals surface area contributed by atoms with Crippen molar-refractivity contribution in [2.75, 3.05) is 39.9 Å². The van der Waals surface area contributed by atoms with Gasteiger partial charge in [0.05, 0.1) is 13.7 Å². The highest BCUT2D eigenvalue weighted by Gasteiger charge is 2.22. The van der Waals surface area contributed by atoms with Gasteiger partial charge in [0.15, 0.2) is 11.5 Å². The number of phenols is 1. The van der Waals surface area contributed by atoms with Gasteiger partial charge in [-0.05, 0) is 13.0 Å². The number of amides is 1. The molecular formula is C15H22N2O4. The third kappa shape index (κ3) is 3.78. The fourth-order valence-corrected chi connectivity index (χ4v) is 2.40. The maximum absolute atomic E-state index is 11.6.